The van der Waals surface area contributed by atoms with Crippen LogP contribution in [0.5, 0.6) is 0 Å². The van der Waals surface area contributed by atoms with Gasteiger partial charge in [-0.15, -0.1) is 0 Å². The molecule has 116 valence electrons. The monoisotopic (exact) mass is 284 g/mol. The highest BCUT2D eigenvalue weighted by Crippen LogP contribution is 2.35. The fourth-order valence-corrected chi connectivity index (χ4v) is 3.09. The summed E-state index contributed by atoms with van der Waals surface area (Å²) in [7, 11) is 1.35. The number of rotatable bonds is 8. The minimum Gasteiger partial charge on any atom is -0.468 e. The first-order valence-corrected chi connectivity index (χ1v) is 7.87. The molecular weight excluding hydrogens is 256 g/mol. The lowest BCUT2D eigenvalue weighted by Crippen LogP contribution is -2.48. The molecule has 1 rings (SSSR count). The van der Waals surface area contributed by atoms with E-state index < -0.39 is 17.5 Å². The Hall–Kier alpha value is -0.900. The molecule has 0 aromatic heterocycles. The van der Waals surface area contributed by atoms with Gasteiger partial charge in [-0.2, -0.15) is 0 Å². The molecule has 0 aromatic rings. The summed E-state index contributed by atoms with van der Waals surface area (Å²) < 4.78 is 10.7. The van der Waals surface area contributed by atoms with Crippen molar-refractivity contribution in [3.8, 4) is 0 Å². The number of ether oxygens (including phenoxy) is 2. The highest BCUT2D eigenvalue weighted by atomic mass is 16.5. The molecule has 0 amide bonds. The maximum atomic E-state index is 12.9. The number of esters is 1. The Labute approximate surface area is 122 Å². The lowest BCUT2D eigenvalue weighted by molar-refractivity contribution is -0.163. The van der Waals surface area contributed by atoms with Crippen LogP contribution in [0.2, 0.25) is 0 Å². The van der Waals surface area contributed by atoms with Crippen molar-refractivity contribution in [1.29, 1.82) is 0 Å². The van der Waals surface area contributed by atoms with Gasteiger partial charge in [0.1, 0.15) is 11.5 Å². The zero-order chi connectivity index (χ0) is 15.0. The van der Waals surface area contributed by atoms with E-state index in [2.05, 4.69) is 6.92 Å². The second-order valence-corrected chi connectivity index (χ2v) is 5.57. The van der Waals surface area contributed by atoms with Gasteiger partial charge in [-0.05, 0) is 26.2 Å². The number of methoxy groups -OCH3 is 1. The van der Waals surface area contributed by atoms with E-state index in [-0.39, 0.29) is 5.78 Å². The summed E-state index contributed by atoms with van der Waals surface area (Å²) in [6, 6.07) is 0. The van der Waals surface area contributed by atoms with Crippen LogP contribution in [0, 0.1) is 5.92 Å². The second-order valence-electron chi connectivity index (χ2n) is 5.57. The lowest BCUT2D eigenvalue weighted by atomic mass is 9.76. The molecule has 0 radical (unpaired) electrons. The molecule has 1 atom stereocenters. The van der Waals surface area contributed by atoms with E-state index in [1.165, 1.54) is 7.11 Å². The summed E-state index contributed by atoms with van der Waals surface area (Å²) in [6.45, 7) is 4.47. The number of hydrogen-bond acceptors (Lipinski definition) is 4. The molecule has 1 aliphatic rings. The van der Waals surface area contributed by atoms with Crippen LogP contribution in [-0.4, -0.2) is 31.1 Å². The van der Waals surface area contributed by atoms with Crippen LogP contribution < -0.4 is 0 Å². The van der Waals surface area contributed by atoms with E-state index >= 15 is 0 Å². The molecule has 0 N–H and O–H groups in total. The summed E-state index contributed by atoms with van der Waals surface area (Å²) in [5.74, 6) is -1.13. The maximum absolute atomic E-state index is 12.9. The third-order valence-electron chi connectivity index (χ3n) is 4.18. The number of carbonyl (C=O) groups is 2. The van der Waals surface area contributed by atoms with E-state index in [1.807, 2.05) is 6.92 Å². The van der Waals surface area contributed by atoms with Gasteiger partial charge in [0, 0.05) is 6.61 Å². The highest BCUT2D eigenvalue weighted by molar-refractivity contribution is 6.03. The van der Waals surface area contributed by atoms with Gasteiger partial charge in [-0.1, -0.05) is 39.0 Å². The van der Waals surface area contributed by atoms with Gasteiger partial charge in [0.2, 0.25) is 0 Å². The van der Waals surface area contributed by atoms with E-state index in [0.29, 0.717) is 13.0 Å². The lowest BCUT2D eigenvalue weighted by Gasteiger charge is -2.37. The highest BCUT2D eigenvalue weighted by Gasteiger charge is 2.45. The predicted molar refractivity (Wildman–Crippen MR) is 77.5 cm³/mol. The normalized spacial score (nSPS) is 19.4. The molecule has 0 bridgehead atoms. The molecule has 4 heteroatoms. The average molecular weight is 284 g/mol. The molecular formula is C16H28O4. The summed E-state index contributed by atoms with van der Waals surface area (Å²) >= 11 is 0. The molecule has 0 spiro atoms. The molecule has 0 saturated heterocycles. The number of ketones is 1. The SMILES string of the molecule is CCCCC(C(=O)OC)C(=O)C1(OCC)CCCCC1. The molecule has 4 nitrogen and oxygen atoms in total. The van der Waals surface area contributed by atoms with Gasteiger partial charge in [0.15, 0.2) is 5.78 Å². The third-order valence-corrected chi connectivity index (χ3v) is 4.18. The number of hydrogen-bond donors (Lipinski definition) is 0. The zero-order valence-electron chi connectivity index (χ0n) is 13.1. The minimum atomic E-state index is -0.750. The molecule has 1 saturated carbocycles. The van der Waals surface area contributed by atoms with Crippen molar-refractivity contribution in [2.45, 2.75) is 70.8 Å². The third kappa shape index (κ3) is 4.05. The smallest absolute Gasteiger partial charge is 0.316 e. The van der Waals surface area contributed by atoms with Crippen LogP contribution in [0.25, 0.3) is 0 Å². The Bertz CT molecular complexity index is 313. The number of Topliss-reactive ketones (excluding diaryl/α,β-unsaturated/α-hetero) is 1. The Morgan fingerprint density at radius 2 is 1.80 bits per heavy atom. The molecule has 0 heterocycles. The van der Waals surface area contributed by atoms with Crippen LogP contribution in [0.3, 0.4) is 0 Å². The minimum absolute atomic E-state index is 0.0562. The van der Waals surface area contributed by atoms with E-state index in [0.717, 1.165) is 44.9 Å². The Morgan fingerprint density at radius 1 is 1.15 bits per heavy atom. The fraction of sp³-hybridized carbons (Fsp3) is 0.875. The van der Waals surface area contributed by atoms with Crippen LogP contribution in [0.1, 0.15) is 65.2 Å². The summed E-state index contributed by atoms with van der Waals surface area (Å²) in [5.41, 5.74) is -0.750. The van der Waals surface area contributed by atoms with E-state index in [4.69, 9.17) is 9.47 Å². The van der Waals surface area contributed by atoms with Crippen LogP contribution in [0.15, 0.2) is 0 Å². The van der Waals surface area contributed by atoms with Crippen LogP contribution in [-0.2, 0) is 19.1 Å². The van der Waals surface area contributed by atoms with Gasteiger partial charge < -0.3 is 9.47 Å². The molecule has 20 heavy (non-hydrogen) atoms. The fourth-order valence-electron chi connectivity index (χ4n) is 3.09. The Kier molecular flexibility index (Phi) is 7.20. The molecule has 1 aliphatic carbocycles. The van der Waals surface area contributed by atoms with Crippen LogP contribution in [0.4, 0.5) is 0 Å². The number of carbonyl (C=O) groups excluding carboxylic acids is 2. The first-order chi connectivity index (χ1) is 9.61. The van der Waals surface area contributed by atoms with Gasteiger partial charge >= 0.3 is 5.97 Å². The van der Waals surface area contributed by atoms with Gasteiger partial charge in [-0.3, -0.25) is 9.59 Å². The molecule has 0 aliphatic heterocycles. The first-order valence-electron chi connectivity index (χ1n) is 7.87. The Morgan fingerprint density at radius 3 is 2.30 bits per heavy atom. The quantitative estimate of drug-likeness (QED) is 0.507. The maximum Gasteiger partial charge on any atom is 0.316 e. The van der Waals surface area contributed by atoms with Crippen molar-refractivity contribution in [3.63, 3.8) is 0 Å². The van der Waals surface area contributed by atoms with Crippen molar-refractivity contribution in [1.82, 2.24) is 0 Å². The molecule has 1 unspecified atom stereocenters. The van der Waals surface area contributed by atoms with Gasteiger partial charge in [0.05, 0.1) is 7.11 Å². The van der Waals surface area contributed by atoms with Crippen LogP contribution >= 0.6 is 0 Å². The largest absolute Gasteiger partial charge is 0.468 e. The molecule has 0 aromatic carbocycles. The second kappa shape index (κ2) is 8.40. The summed E-state index contributed by atoms with van der Waals surface area (Å²) in [6.07, 6.45) is 6.98. The van der Waals surface area contributed by atoms with Gasteiger partial charge in [0.25, 0.3) is 0 Å². The van der Waals surface area contributed by atoms with Gasteiger partial charge in [-0.25, -0.2) is 0 Å². The zero-order valence-corrected chi connectivity index (χ0v) is 13.1. The summed E-state index contributed by atoms with van der Waals surface area (Å²) in [5, 5.41) is 0. The van der Waals surface area contributed by atoms with Crippen molar-refractivity contribution in [3.05, 3.63) is 0 Å². The summed E-state index contributed by atoms with van der Waals surface area (Å²) in [4.78, 5) is 24.8. The number of unbranched alkanes of at least 4 members (excludes halogenated alkanes) is 1. The van der Waals surface area contributed by atoms with E-state index in [1.54, 1.807) is 0 Å². The standard InChI is InChI=1S/C16H28O4/c1-4-6-10-13(15(18)19-3)14(17)16(20-5-2)11-8-7-9-12-16/h13H,4-12H2,1-3H3. The van der Waals surface area contributed by atoms with Crippen molar-refractivity contribution < 1.29 is 19.1 Å². The van der Waals surface area contributed by atoms with Crippen molar-refractivity contribution in [2.24, 2.45) is 5.92 Å². The topological polar surface area (TPSA) is 52.6 Å². The predicted octanol–water partition coefficient (Wildman–Crippen LogP) is 3.27. The molecule has 1 fully saturated rings. The van der Waals surface area contributed by atoms with Crippen molar-refractivity contribution in [2.75, 3.05) is 13.7 Å². The van der Waals surface area contributed by atoms with Crippen molar-refractivity contribution >= 4 is 11.8 Å². The van der Waals surface area contributed by atoms with E-state index in [9.17, 15) is 9.59 Å². The average Bonchev–Trinajstić information content (AvgIpc) is 2.48. The Balaban J connectivity index is 2.90. The first kappa shape index (κ1) is 17.2.